The molecule has 2 heterocycles. The van der Waals surface area contributed by atoms with Crippen LogP contribution in [0.4, 0.5) is 10.7 Å². The van der Waals surface area contributed by atoms with E-state index in [1.165, 1.54) is 11.3 Å². The van der Waals surface area contributed by atoms with Crippen LogP contribution in [-0.4, -0.2) is 19.0 Å². The summed E-state index contributed by atoms with van der Waals surface area (Å²) >= 11 is 1.39. The van der Waals surface area contributed by atoms with Crippen molar-refractivity contribution in [2.75, 3.05) is 23.7 Å². The van der Waals surface area contributed by atoms with Crippen LogP contribution >= 0.6 is 11.3 Å². The van der Waals surface area contributed by atoms with E-state index in [0.717, 1.165) is 24.5 Å². The fourth-order valence-electron chi connectivity index (χ4n) is 2.04. The smallest absolute Gasteiger partial charge is 0.260 e. The van der Waals surface area contributed by atoms with Gasteiger partial charge in [-0.05, 0) is 17.9 Å². The predicted octanol–water partition coefficient (Wildman–Crippen LogP) is 1.67. The highest BCUT2D eigenvalue weighted by Gasteiger charge is 2.30. The summed E-state index contributed by atoms with van der Waals surface area (Å²) in [5.41, 5.74) is 11.8. The van der Waals surface area contributed by atoms with Crippen LogP contribution < -0.4 is 16.4 Å². The number of primary amides is 1. The number of nitrogens with zero attached hydrogens (tertiary/aromatic N) is 1. The lowest BCUT2D eigenvalue weighted by molar-refractivity contribution is 0.100. The molecule has 1 saturated heterocycles. The van der Waals surface area contributed by atoms with Crippen molar-refractivity contribution in [1.82, 2.24) is 0 Å². The SMILES string of the molecule is CC1(C)CCN(c2cc(N)c(C(N)=O)s2)C1. The second kappa shape index (κ2) is 3.66. The molecule has 16 heavy (non-hydrogen) atoms. The Kier molecular flexibility index (Phi) is 2.58. The van der Waals surface area contributed by atoms with Gasteiger partial charge in [-0.15, -0.1) is 11.3 Å². The molecule has 4 N–H and O–H groups in total. The van der Waals surface area contributed by atoms with E-state index in [2.05, 4.69) is 18.7 Å². The summed E-state index contributed by atoms with van der Waals surface area (Å²) in [6.07, 6.45) is 1.16. The van der Waals surface area contributed by atoms with E-state index in [4.69, 9.17) is 11.5 Å². The molecule has 0 aliphatic carbocycles. The highest BCUT2D eigenvalue weighted by molar-refractivity contribution is 7.18. The maximum atomic E-state index is 11.1. The van der Waals surface area contributed by atoms with E-state index in [-0.39, 0.29) is 0 Å². The Balaban J connectivity index is 2.23. The van der Waals surface area contributed by atoms with E-state index in [1.807, 2.05) is 6.07 Å². The molecule has 0 radical (unpaired) electrons. The number of carbonyl (C=O) groups excluding carboxylic acids is 1. The molecule has 1 fully saturated rings. The van der Waals surface area contributed by atoms with Crippen molar-refractivity contribution in [3.8, 4) is 0 Å². The average molecular weight is 239 g/mol. The van der Waals surface area contributed by atoms with Crippen LogP contribution in [-0.2, 0) is 0 Å². The minimum Gasteiger partial charge on any atom is -0.397 e. The van der Waals surface area contributed by atoms with Gasteiger partial charge < -0.3 is 16.4 Å². The van der Waals surface area contributed by atoms with Crippen molar-refractivity contribution in [3.05, 3.63) is 10.9 Å². The first-order valence-electron chi connectivity index (χ1n) is 5.33. The van der Waals surface area contributed by atoms with Crippen molar-refractivity contribution in [3.63, 3.8) is 0 Å². The Hall–Kier alpha value is -1.23. The highest BCUT2D eigenvalue weighted by atomic mass is 32.1. The van der Waals surface area contributed by atoms with Gasteiger partial charge in [0.1, 0.15) is 4.88 Å². The fourth-order valence-corrected chi connectivity index (χ4v) is 3.00. The molecule has 2 rings (SSSR count). The molecule has 1 amide bonds. The lowest BCUT2D eigenvalue weighted by Gasteiger charge is -2.19. The monoisotopic (exact) mass is 239 g/mol. The Morgan fingerprint density at radius 1 is 1.56 bits per heavy atom. The number of anilines is 2. The van der Waals surface area contributed by atoms with Crippen molar-refractivity contribution >= 4 is 27.9 Å². The first-order valence-corrected chi connectivity index (χ1v) is 6.15. The Morgan fingerprint density at radius 3 is 2.69 bits per heavy atom. The van der Waals surface area contributed by atoms with Gasteiger partial charge in [-0.25, -0.2) is 0 Å². The van der Waals surface area contributed by atoms with Crippen molar-refractivity contribution in [2.45, 2.75) is 20.3 Å². The molecule has 1 aliphatic heterocycles. The number of thiophene rings is 1. The summed E-state index contributed by atoms with van der Waals surface area (Å²) in [4.78, 5) is 13.9. The van der Waals surface area contributed by atoms with E-state index < -0.39 is 5.91 Å². The second-order valence-corrected chi connectivity index (χ2v) is 6.10. The zero-order valence-electron chi connectivity index (χ0n) is 9.62. The van der Waals surface area contributed by atoms with Gasteiger partial charge in [0.15, 0.2) is 0 Å². The third-order valence-corrected chi connectivity index (χ3v) is 4.19. The molecule has 0 bridgehead atoms. The molecule has 5 heteroatoms. The molecule has 0 saturated carbocycles. The first kappa shape index (κ1) is 11.3. The van der Waals surface area contributed by atoms with Crippen LogP contribution in [0.25, 0.3) is 0 Å². The summed E-state index contributed by atoms with van der Waals surface area (Å²) < 4.78 is 0. The van der Waals surface area contributed by atoms with E-state index in [1.54, 1.807) is 0 Å². The molecule has 88 valence electrons. The molecule has 0 spiro atoms. The minimum atomic E-state index is -0.438. The maximum absolute atomic E-state index is 11.1. The van der Waals surface area contributed by atoms with Crippen LogP contribution in [0.5, 0.6) is 0 Å². The average Bonchev–Trinajstić information content (AvgIpc) is 2.69. The van der Waals surface area contributed by atoms with Gasteiger partial charge >= 0.3 is 0 Å². The third-order valence-electron chi connectivity index (χ3n) is 2.96. The minimum absolute atomic E-state index is 0.339. The lowest BCUT2D eigenvalue weighted by atomic mass is 9.93. The summed E-state index contributed by atoms with van der Waals surface area (Å²) in [6, 6.07) is 1.85. The zero-order chi connectivity index (χ0) is 11.9. The molecule has 0 atom stereocenters. The van der Waals surface area contributed by atoms with Crippen molar-refractivity contribution < 1.29 is 4.79 Å². The molecule has 0 aromatic carbocycles. The quantitative estimate of drug-likeness (QED) is 0.824. The predicted molar refractivity (Wildman–Crippen MR) is 67.9 cm³/mol. The molecular formula is C11H17N3OS. The van der Waals surface area contributed by atoms with E-state index in [0.29, 0.717) is 16.0 Å². The van der Waals surface area contributed by atoms with Crippen LogP contribution in [0.1, 0.15) is 29.9 Å². The molecule has 1 aromatic rings. The number of rotatable bonds is 2. The first-order chi connectivity index (χ1) is 7.39. The van der Waals surface area contributed by atoms with E-state index >= 15 is 0 Å². The topological polar surface area (TPSA) is 72.3 Å². The standard InChI is InChI=1S/C11H17N3OS/c1-11(2)3-4-14(6-11)8-5-7(12)9(16-8)10(13)15/h5H,3-4,6,12H2,1-2H3,(H2,13,15). The Morgan fingerprint density at radius 2 is 2.25 bits per heavy atom. The van der Waals surface area contributed by atoms with Crippen LogP contribution in [0, 0.1) is 5.41 Å². The Labute approximate surface area is 99.2 Å². The summed E-state index contributed by atoms with van der Waals surface area (Å²) in [7, 11) is 0. The molecule has 4 nitrogen and oxygen atoms in total. The van der Waals surface area contributed by atoms with Gasteiger partial charge in [-0.2, -0.15) is 0 Å². The highest BCUT2D eigenvalue weighted by Crippen LogP contribution is 2.38. The normalized spacial score (nSPS) is 19.0. The third kappa shape index (κ3) is 2.00. The fraction of sp³-hybridized carbons (Fsp3) is 0.545. The van der Waals surface area contributed by atoms with Gasteiger partial charge in [0.25, 0.3) is 5.91 Å². The summed E-state index contributed by atoms with van der Waals surface area (Å²) in [5.74, 6) is -0.438. The van der Waals surface area contributed by atoms with Gasteiger partial charge in [-0.1, -0.05) is 13.8 Å². The van der Waals surface area contributed by atoms with Gasteiger partial charge in [-0.3, -0.25) is 4.79 Å². The number of hydrogen-bond acceptors (Lipinski definition) is 4. The van der Waals surface area contributed by atoms with Gasteiger partial charge in [0, 0.05) is 13.1 Å². The number of carbonyl (C=O) groups is 1. The number of amides is 1. The van der Waals surface area contributed by atoms with Gasteiger partial charge in [0.05, 0.1) is 10.7 Å². The second-order valence-electron chi connectivity index (χ2n) is 5.07. The largest absolute Gasteiger partial charge is 0.397 e. The zero-order valence-corrected chi connectivity index (χ0v) is 10.4. The lowest BCUT2D eigenvalue weighted by Crippen LogP contribution is -2.21. The number of hydrogen-bond donors (Lipinski definition) is 2. The number of nitrogen functional groups attached to an aromatic ring is 1. The maximum Gasteiger partial charge on any atom is 0.260 e. The van der Waals surface area contributed by atoms with Crippen LogP contribution in [0.15, 0.2) is 6.07 Å². The molecule has 0 unspecified atom stereocenters. The van der Waals surface area contributed by atoms with Crippen LogP contribution in [0.3, 0.4) is 0 Å². The van der Waals surface area contributed by atoms with Gasteiger partial charge in [0.2, 0.25) is 0 Å². The van der Waals surface area contributed by atoms with E-state index in [9.17, 15) is 4.79 Å². The molecule has 1 aromatic heterocycles. The Bertz CT molecular complexity index is 425. The summed E-state index contributed by atoms with van der Waals surface area (Å²) in [6.45, 7) is 6.52. The van der Waals surface area contributed by atoms with Crippen molar-refractivity contribution in [1.29, 1.82) is 0 Å². The van der Waals surface area contributed by atoms with Crippen LogP contribution in [0.2, 0.25) is 0 Å². The molecule has 1 aliphatic rings. The van der Waals surface area contributed by atoms with Crippen molar-refractivity contribution in [2.24, 2.45) is 11.1 Å². The summed E-state index contributed by atoms with van der Waals surface area (Å²) in [5, 5.41) is 1.05. The number of nitrogens with two attached hydrogens (primary N) is 2. The molecular weight excluding hydrogens is 222 g/mol.